The Morgan fingerprint density at radius 1 is 0.627 bits per heavy atom. The van der Waals surface area contributed by atoms with Gasteiger partial charge in [-0.1, -0.05) is 47.5 Å². The van der Waals surface area contributed by atoms with Gasteiger partial charge in [0.2, 0.25) is 12.1 Å². The number of nitrogens with zero attached hydrogens (tertiary/aromatic N) is 5. The molecule has 0 saturated heterocycles. The quantitative estimate of drug-likeness (QED) is 0.0517. The summed E-state index contributed by atoms with van der Waals surface area (Å²) in [6, 6.07) is 14.6. The zero-order valence-corrected chi connectivity index (χ0v) is 31.1. The average molecular weight is 729 g/mol. The third-order valence-corrected chi connectivity index (χ3v) is 9.06. The van der Waals surface area contributed by atoms with Crippen LogP contribution in [0.1, 0.15) is 47.2 Å². The molecule has 13 heteroatoms. The predicted molar refractivity (Wildman–Crippen MR) is 201 cm³/mol. The van der Waals surface area contributed by atoms with Crippen LogP contribution in [0.2, 0.25) is 10.0 Å². The largest absolute Gasteiger partial charge is 0.324 e. The first kappa shape index (κ1) is 38.7. The van der Waals surface area contributed by atoms with Crippen molar-refractivity contribution in [2.24, 2.45) is 26.3 Å². The van der Waals surface area contributed by atoms with Crippen molar-refractivity contribution in [2.75, 3.05) is 10.3 Å². The SMILES string of the molecule is CC(=O)C(N=Nc1ccc(-c2ccc(N=NC(C(C)=O)C(=O)N(N)c3cc(C)c(C)cc3C)c(Cl)c2)cc1Cl)C(=O)Nc1cc(C)c(C)cc1C. The van der Waals surface area contributed by atoms with Crippen LogP contribution in [-0.4, -0.2) is 35.5 Å². The van der Waals surface area contributed by atoms with Gasteiger partial charge in [0.05, 0.1) is 15.7 Å². The molecule has 2 atom stereocenters. The van der Waals surface area contributed by atoms with Gasteiger partial charge in [-0.15, -0.1) is 0 Å². The summed E-state index contributed by atoms with van der Waals surface area (Å²) in [5.41, 5.74) is 8.60. The number of ketones is 2. The molecule has 4 aromatic rings. The maximum Gasteiger partial charge on any atom is 0.275 e. The zero-order chi connectivity index (χ0) is 37.7. The summed E-state index contributed by atoms with van der Waals surface area (Å²) in [5.74, 6) is 3.80. The van der Waals surface area contributed by atoms with Gasteiger partial charge in [-0.3, -0.25) is 19.2 Å². The van der Waals surface area contributed by atoms with Crippen molar-refractivity contribution in [3.8, 4) is 11.1 Å². The molecule has 0 bridgehead atoms. The Morgan fingerprint density at radius 2 is 1.08 bits per heavy atom. The van der Waals surface area contributed by atoms with E-state index in [1.807, 2.05) is 59.7 Å². The van der Waals surface area contributed by atoms with Crippen LogP contribution in [0.5, 0.6) is 0 Å². The minimum atomic E-state index is -1.48. The molecule has 0 aromatic heterocycles. The molecule has 11 nitrogen and oxygen atoms in total. The summed E-state index contributed by atoms with van der Waals surface area (Å²) >= 11 is 13.1. The van der Waals surface area contributed by atoms with Gasteiger partial charge in [0.1, 0.15) is 11.4 Å². The molecule has 2 unspecified atom stereocenters. The zero-order valence-electron chi connectivity index (χ0n) is 29.6. The van der Waals surface area contributed by atoms with Crippen LogP contribution < -0.4 is 16.2 Å². The monoisotopic (exact) mass is 727 g/mol. The number of Topliss-reactive ketones (excluding diaryl/α,β-unsaturated/α-hetero) is 2. The summed E-state index contributed by atoms with van der Waals surface area (Å²) in [5, 5.41) is 20.4. The first-order valence-electron chi connectivity index (χ1n) is 16.0. The molecule has 264 valence electrons. The molecule has 0 aliphatic rings. The van der Waals surface area contributed by atoms with Crippen LogP contribution in [-0.2, 0) is 19.2 Å². The topological polar surface area (TPSA) is 159 Å². The number of hydrazine groups is 1. The van der Waals surface area contributed by atoms with Gasteiger partial charge in [-0.05, 0) is 136 Å². The molecule has 0 aliphatic heterocycles. The molecule has 2 amide bonds. The Kier molecular flexibility index (Phi) is 12.4. The van der Waals surface area contributed by atoms with Gasteiger partial charge in [0, 0.05) is 5.69 Å². The van der Waals surface area contributed by atoms with Crippen molar-refractivity contribution in [3.63, 3.8) is 0 Å². The number of nitrogens with one attached hydrogen (secondary N) is 1. The molecule has 0 radical (unpaired) electrons. The predicted octanol–water partition coefficient (Wildman–Crippen LogP) is 9.14. The van der Waals surface area contributed by atoms with Crippen LogP contribution in [0.25, 0.3) is 11.1 Å². The lowest BCUT2D eigenvalue weighted by Crippen LogP contribution is -2.46. The second-order valence-corrected chi connectivity index (χ2v) is 13.3. The smallest absolute Gasteiger partial charge is 0.275 e. The number of rotatable bonds is 11. The van der Waals surface area contributed by atoms with E-state index in [4.69, 9.17) is 29.0 Å². The van der Waals surface area contributed by atoms with Crippen molar-refractivity contribution >= 4 is 69.3 Å². The third-order valence-electron chi connectivity index (χ3n) is 8.45. The number of aryl methyl sites for hydroxylation is 6. The first-order valence-corrected chi connectivity index (χ1v) is 16.7. The number of azo groups is 2. The Bertz CT molecular complexity index is 2110. The molecule has 3 N–H and O–H groups in total. The number of hydrogen-bond donors (Lipinski definition) is 2. The van der Waals surface area contributed by atoms with Crippen molar-refractivity contribution < 1.29 is 19.2 Å². The Hall–Kier alpha value is -5.10. The molecule has 51 heavy (non-hydrogen) atoms. The highest BCUT2D eigenvalue weighted by atomic mass is 35.5. The van der Waals surface area contributed by atoms with Crippen molar-refractivity contribution in [3.05, 3.63) is 104 Å². The molecule has 0 aliphatic carbocycles. The fourth-order valence-corrected chi connectivity index (χ4v) is 5.59. The van der Waals surface area contributed by atoms with E-state index in [1.54, 1.807) is 42.5 Å². The molecule has 0 spiro atoms. The average Bonchev–Trinajstić information content (AvgIpc) is 3.06. The van der Waals surface area contributed by atoms with Gasteiger partial charge in [0.25, 0.3) is 11.8 Å². The van der Waals surface area contributed by atoms with E-state index in [-0.39, 0.29) is 21.4 Å². The van der Waals surface area contributed by atoms with Crippen LogP contribution in [0, 0.1) is 41.5 Å². The van der Waals surface area contributed by atoms with Gasteiger partial charge >= 0.3 is 0 Å². The van der Waals surface area contributed by atoms with Gasteiger partial charge in [-0.25, -0.2) is 10.9 Å². The van der Waals surface area contributed by atoms with E-state index in [9.17, 15) is 19.2 Å². The number of carbonyl (C=O) groups excluding carboxylic acids is 4. The van der Waals surface area contributed by atoms with E-state index < -0.39 is 35.5 Å². The van der Waals surface area contributed by atoms with Crippen LogP contribution >= 0.6 is 23.2 Å². The Morgan fingerprint density at radius 3 is 1.57 bits per heavy atom. The standard InChI is InChI=1S/C38H39Cl2N7O4/c1-19-13-23(5)33(15-21(19)3)42-37(50)35(25(7)48)45-43-31-11-9-27(17-29(31)39)28-10-12-32(30(40)18-28)44-46-36(26(8)49)38(51)47(41)34-16-22(4)20(2)14-24(34)6/h9-18,35-36H,41H2,1-8H3,(H,42,50). The molecular formula is C38H39Cl2N7O4. The maximum atomic E-state index is 13.2. The lowest BCUT2D eigenvalue weighted by molar-refractivity contribution is -0.128. The summed E-state index contributed by atoms with van der Waals surface area (Å²) in [6.45, 7) is 14.0. The highest BCUT2D eigenvalue weighted by molar-refractivity contribution is 6.34. The second kappa shape index (κ2) is 16.3. The number of nitrogens with two attached hydrogens (primary N) is 1. The number of carbonyl (C=O) groups is 4. The Balaban J connectivity index is 1.50. The minimum absolute atomic E-state index is 0.204. The van der Waals surface area contributed by atoms with E-state index in [0.717, 1.165) is 38.4 Å². The van der Waals surface area contributed by atoms with Gasteiger partial charge < -0.3 is 5.32 Å². The molecule has 0 fully saturated rings. The second-order valence-electron chi connectivity index (χ2n) is 12.5. The molecule has 0 heterocycles. The highest BCUT2D eigenvalue weighted by Gasteiger charge is 2.29. The summed E-state index contributed by atoms with van der Waals surface area (Å²) in [6.07, 6.45) is 0. The normalized spacial score (nSPS) is 12.6. The van der Waals surface area contributed by atoms with Crippen molar-refractivity contribution in [1.29, 1.82) is 0 Å². The van der Waals surface area contributed by atoms with Crippen LogP contribution in [0.3, 0.4) is 0 Å². The summed E-state index contributed by atoms with van der Waals surface area (Å²) in [4.78, 5) is 51.0. The van der Waals surface area contributed by atoms with Gasteiger partial charge in [0.15, 0.2) is 11.6 Å². The fourth-order valence-electron chi connectivity index (χ4n) is 5.15. The molecule has 4 aromatic carbocycles. The molecular weight excluding hydrogens is 689 g/mol. The van der Waals surface area contributed by atoms with E-state index in [1.165, 1.54) is 13.8 Å². The third kappa shape index (κ3) is 9.18. The molecule has 4 rings (SSSR count). The number of hydrogen-bond acceptors (Lipinski definition) is 9. The Labute approximate surface area is 306 Å². The lowest BCUT2D eigenvalue weighted by Gasteiger charge is -2.22. The van der Waals surface area contributed by atoms with Crippen molar-refractivity contribution in [2.45, 2.75) is 67.5 Å². The van der Waals surface area contributed by atoms with E-state index in [2.05, 4.69) is 25.8 Å². The van der Waals surface area contributed by atoms with Crippen molar-refractivity contribution in [1.82, 2.24) is 0 Å². The number of benzene rings is 4. The lowest BCUT2D eigenvalue weighted by atomic mass is 10.0. The van der Waals surface area contributed by atoms with Crippen LogP contribution in [0.15, 0.2) is 81.1 Å². The number of halogens is 2. The maximum absolute atomic E-state index is 13.2. The fraction of sp³-hybridized carbons (Fsp3) is 0.263. The summed E-state index contributed by atoms with van der Waals surface area (Å²) < 4.78 is 0. The summed E-state index contributed by atoms with van der Waals surface area (Å²) in [7, 11) is 0. The first-order chi connectivity index (χ1) is 24.0. The van der Waals surface area contributed by atoms with Crippen LogP contribution in [0.4, 0.5) is 22.7 Å². The highest BCUT2D eigenvalue weighted by Crippen LogP contribution is 2.35. The number of anilines is 2. The van der Waals surface area contributed by atoms with E-state index >= 15 is 0 Å². The molecule has 0 saturated carbocycles. The number of amides is 2. The van der Waals surface area contributed by atoms with E-state index in [0.29, 0.717) is 22.5 Å². The minimum Gasteiger partial charge on any atom is -0.324 e. The van der Waals surface area contributed by atoms with Gasteiger partial charge in [-0.2, -0.15) is 20.5 Å².